The van der Waals surface area contributed by atoms with E-state index in [1.807, 2.05) is 60.7 Å². The van der Waals surface area contributed by atoms with Gasteiger partial charge in [-0.25, -0.2) is 15.0 Å². The molecule has 0 spiro atoms. The van der Waals surface area contributed by atoms with Crippen molar-refractivity contribution in [1.29, 1.82) is 0 Å². The van der Waals surface area contributed by atoms with Crippen molar-refractivity contribution in [2.24, 2.45) is 0 Å². The van der Waals surface area contributed by atoms with Crippen LogP contribution in [0.15, 0.2) is 224 Å². The van der Waals surface area contributed by atoms with Crippen molar-refractivity contribution in [2.75, 3.05) is 0 Å². The maximum absolute atomic E-state index is 5.07. The molecule has 3 nitrogen and oxygen atoms in total. The maximum atomic E-state index is 5.07. The van der Waals surface area contributed by atoms with E-state index in [1.165, 1.54) is 38.6 Å². The standard InChI is InChI=1S/C55H37N3/c1-5-15-38(16-6-1)48-34-49(39-17-7-2-8-18-39)36-50(35-48)41-25-28-42(29-26-41)51-32-31-47(37-52(51)46-30-27-40-19-13-14-24-45(40)33-46)55-57-53(43-20-9-3-10-21-43)56-54(58-55)44-22-11-4-12-23-44/h1-37H. The minimum Gasteiger partial charge on any atom is -0.208 e. The van der Waals surface area contributed by atoms with Gasteiger partial charge in [-0.15, -0.1) is 0 Å². The van der Waals surface area contributed by atoms with E-state index in [0.717, 1.165) is 44.5 Å². The Morgan fingerprint density at radius 3 is 1.09 bits per heavy atom. The molecule has 0 amide bonds. The summed E-state index contributed by atoms with van der Waals surface area (Å²) in [6.45, 7) is 0. The van der Waals surface area contributed by atoms with Gasteiger partial charge in [0, 0.05) is 16.7 Å². The summed E-state index contributed by atoms with van der Waals surface area (Å²) in [7, 11) is 0. The van der Waals surface area contributed by atoms with E-state index in [9.17, 15) is 0 Å². The van der Waals surface area contributed by atoms with Gasteiger partial charge in [-0.1, -0.05) is 194 Å². The quantitative estimate of drug-likeness (QED) is 0.156. The zero-order valence-electron chi connectivity index (χ0n) is 31.7. The van der Waals surface area contributed by atoms with Crippen LogP contribution in [0.5, 0.6) is 0 Å². The fourth-order valence-electron chi connectivity index (χ4n) is 7.70. The first-order valence-electron chi connectivity index (χ1n) is 19.6. The molecule has 0 bridgehead atoms. The van der Waals surface area contributed by atoms with Crippen molar-refractivity contribution in [1.82, 2.24) is 15.0 Å². The van der Waals surface area contributed by atoms with Gasteiger partial charge in [-0.2, -0.15) is 0 Å². The number of aromatic nitrogens is 3. The highest BCUT2D eigenvalue weighted by Crippen LogP contribution is 2.39. The Morgan fingerprint density at radius 1 is 0.190 bits per heavy atom. The minimum absolute atomic E-state index is 0.629. The molecule has 0 saturated heterocycles. The third-order valence-corrected chi connectivity index (χ3v) is 10.7. The summed E-state index contributed by atoms with van der Waals surface area (Å²) in [5, 5.41) is 2.40. The van der Waals surface area contributed by atoms with Crippen LogP contribution in [-0.2, 0) is 0 Å². The molecular formula is C55H37N3. The highest BCUT2D eigenvalue weighted by molar-refractivity contribution is 5.93. The fourth-order valence-corrected chi connectivity index (χ4v) is 7.70. The lowest BCUT2D eigenvalue weighted by atomic mass is 9.90. The SMILES string of the molecule is c1ccc(-c2cc(-c3ccccc3)cc(-c3ccc(-c4ccc(-c5nc(-c6ccccc6)nc(-c6ccccc6)n5)cc4-c4ccc5ccccc5c4)cc3)c2)cc1. The van der Waals surface area contributed by atoms with Crippen molar-refractivity contribution in [3.63, 3.8) is 0 Å². The molecule has 0 radical (unpaired) electrons. The van der Waals surface area contributed by atoms with Gasteiger partial charge in [0.05, 0.1) is 0 Å². The summed E-state index contributed by atoms with van der Waals surface area (Å²) in [6, 6.07) is 79.2. The average Bonchev–Trinajstić information content (AvgIpc) is 3.32. The van der Waals surface area contributed by atoms with Crippen LogP contribution >= 0.6 is 0 Å². The third-order valence-electron chi connectivity index (χ3n) is 10.7. The smallest absolute Gasteiger partial charge is 0.164 e. The lowest BCUT2D eigenvalue weighted by Crippen LogP contribution is -2.00. The van der Waals surface area contributed by atoms with Crippen LogP contribution in [0.3, 0.4) is 0 Å². The number of hydrogen-bond donors (Lipinski definition) is 0. The summed E-state index contributed by atoms with van der Waals surface area (Å²) in [5.41, 5.74) is 14.4. The summed E-state index contributed by atoms with van der Waals surface area (Å²) >= 11 is 0. The molecule has 9 aromatic carbocycles. The number of fused-ring (bicyclic) bond motifs is 1. The summed E-state index contributed by atoms with van der Waals surface area (Å²) in [4.78, 5) is 15.1. The molecule has 0 saturated carbocycles. The van der Waals surface area contributed by atoms with E-state index < -0.39 is 0 Å². The second kappa shape index (κ2) is 15.4. The molecule has 10 aromatic rings. The molecule has 0 aliphatic carbocycles. The Hall–Kier alpha value is -7.75. The largest absolute Gasteiger partial charge is 0.208 e. The highest BCUT2D eigenvalue weighted by atomic mass is 15.0. The molecule has 272 valence electrons. The highest BCUT2D eigenvalue weighted by Gasteiger charge is 2.16. The second-order valence-electron chi connectivity index (χ2n) is 14.5. The first-order valence-corrected chi connectivity index (χ1v) is 19.6. The van der Waals surface area contributed by atoms with Crippen LogP contribution in [0, 0.1) is 0 Å². The van der Waals surface area contributed by atoms with E-state index in [4.69, 9.17) is 15.0 Å². The van der Waals surface area contributed by atoms with Gasteiger partial charge >= 0.3 is 0 Å². The number of rotatable bonds is 8. The Balaban J connectivity index is 1.10. The molecule has 58 heavy (non-hydrogen) atoms. The molecule has 0 N–H and O–H groups in total. The van der Waals surface area contributed by atoms with Crippen LogP contribution in [0.1, 0.15) is 0 Å². The van der Waals surface area contributed by atoms with Crippen molar-refractivity contribution in [3.8, 4) is 89.8 Å². The van der Waals surface area contributed by atoms with Gasteiger partial charge in [-0.05, 0) is 96.7 Å². The molecule has 0 unspecified atom stereocenters. The van der Waals surface area contributed by atoms with Gasteiger partial charge in [0.15, 0.2) is 17.5 Å². The Bertz CT molecular complexity index is 2900. The van der Waals surface area contributed by atoms with Crippen molar-refractivity contribution >= 4 is 10.8 Å². The van der Waals surface area contributed by atoms with E-state index in [0.29, 0.717) is 17.5 Å². The molecule has 3 heteroatoms. The van der Waals surface area contributed by atoms with Crippen molar-refractivity contribution in [3.05, 3.63) is 224 Å². The minimum atomic E-state index is 0.629. The van der Waals surface area contributed by atoms with E-state index >= 15 is 0 Å². The summed E-state index contributed by atoms with van der Waals surface area (Å²) in [5.74, 6) is 1.91. The van der Waals surface area contributed by atoms with Gasteiger partial charge < -0.3 is 0 Å². The molecule has 10 rings (SSSR count). The lowest BCUT2D eigenvalue weighted by Gasteiger charge is -2.15. The second-order valence-corrected chi connectivity index (χ2v) is 14.5. The molecule has 0 fully saturated rings. The normalized spacial score (nSPS) is 11.1. The van der Waals surface area contributed by atoms with E-state index in [2.05, 4.69) is 164 Å². The molecule has 1 aromatic heterocycles. The molecular weight excluding hydrogens is 703 g/mol. The van der Waals surface area contributed by atoms with Crippen LogP contribution in [0.25, 0.3) is 101 Å². The zero-order chi connectivity index (χ0) is 38.7. The maximum Gasteiger partial charge on any atom is 0.164 e. The lowest BCUT2D eigenvalue weighted by molar-refractivity contribution is 1.07. The monoisotopic (exact) mass is 739 g/mol. The van der Waals surface area contributed by atoms with Crippen LogP contribution < -0.4 is 0 Å². The zero-order valence-corrected chi connectivity index (χ0v) is 31.7. The van der Waals surface area contributed by atoms with Gasteiger partial charge in [0.25, 0.3) is 0 Å². The van der Waals surface area contributed by atoms with Gasteiger partial charge in [-0.3, -0.25) is 0 Å². The Morgan fingerprint density at radius 2 is 0.569 bits per heavy atom. The Labute approximate surface area is 338 Å². The topological polar surface area (TPSA) is 38.7 Å². The number of hydrogen-bond acceptors (Lipinski definition) is 3. The third kappa shape index (κ3) is 7.09. The molecule has 0 aliphatic rings. The molecule has 0 atom stereocenters. The number of benzene rings is 9. The predicted molar refractivity (Wildman–Crippen MR) is 241 cm³/mol. The van der Waals surface area contributed by atoms with Crippen LogP contribution in [0.2, 0.25) is 0 Å². The fraction of sp³-hybridized carbons (Fsp3) is 0. The van der Waals surface area contributed by atoms with E-state index in [1.54, 1.807) is 0 Å². The van der Waals surface area contributed by atoms with Crippen molar-refractivity contribution < 1.29 is 0 Å². The molecule has 1 heterocycles. The summed E-state index contributed by atoms with van der Waals surface area (Å²) < 4.78 is 0. The van der Waals surface area contributed by atoms with E-state index in [-0.39, 0.29) is 0 Å². The van der Waals surface area contributed by atoms with Crippen molar-refractivity contribution in [2.45, 2.75) is 0 Å². The first-order chi connectivity index (χ1) is 28.7. The number of nitrogens with zero attached hydrogens (tertiary/aromatic N) is 3. The van der Waals surface area contributed by atoms with Crippen LogP contribution in [0.4, 0.5) is 0 Å². The van der Waals surface area contributed by atoms with Gasteiger partial charge in [0.2, 0.25) is 0 Å². The average molecular weight is 740 g/mol. The molecule has 0 aliphatic heterocycles. The first kappa shape index (κ1) is 34.7. The predicted octanol–water partition coefficient (Wildman–Crippen LogP) is 14.4. The van der Waals surface area contributed by atoms with Gasteiger partial charge in [0.1, 0.15) is 0 Å². The van der Waals surface area contributed by atoms with Crippen LogP contribution in [-0.4, -0.2) is 15.0 Å². The Kier molecular flexibility index (Phi) is 9.23. The summed E-state index contributed by atoms with van der Waals surface area (Å²) in [6.07, 6.45) is 0.